The highest BCUT2D eigenvalue weighted by molar-refractivity contribution is 5.87. The van der Waals surface area contributed by atoms with Crippen LogP contribution in [0.25, 0.3) is 10.9 Å². The molecule has 0 saturated carbocycles. The number of hydrogen-bond acceptors (Lipinski definition) is 3. The maximum absolute atomic E-state index is 10.9. The Morgan fingerprint density at radius 3 is 2.83 bits per heavy atom. The van der Waals surface area contributed by atoms with E-state index in [0.29, 0.717) is 0 Å². The van der Waals surface area contributed by atoms with E-state index in [0.717, 1.165) is 30.4 Å². The van der Waals surface area contributed by atoms with Gasteiger partial charge in [-0.25, -0.2) is 0 Å². The van der Waals surface area contributed by atoms with Crippen LogP contribution in [0.2, 0.25) is 0 Å². The highest BCUT2D eigenvalue weighted by atomic mass is 16.6. The predicted octanol–water partition coefficient (Wildman–Crippen LogP) is 2.07. The van der Waals surface area contributed by atoms with Crippen LogP contribution in [0.1, 0.15) is 11.3 Å². The molecule has 1 aromatic heterocycles. The van der Waals surface area contributed by atoms with Crippen molar-refractivity contribution in [3.63, 3.8) is 0 Å². The van der Waals surface area contributed by atoms with E-state index in [9.17, 15) is 10.1 Å². The molecule has 0 aliphatic carbocycles. The van der Waals surface area contributed by atoms with Gasteiger partial charge in [0.25, 0.3) is 5.69 Å². The van der Waals surface area contributed by atoms with Crippen LogP contribution >= 0.6 is 0 Å². The fourth-order valence-electron chi connectivity index (χ4n) is 2.82. The fraction of sp³-hybridized carbons (Fsp3) is 0.385. The van der Waals surface area contributed by atoms with E-state index in [1.807, 2.05) is 13.1 Å². The second kappa shape index (κ2) is 3.81. The van der Waals surface area contributed by atoms with Crippen molar-refractivity contribution in [1.29, 1.82) is 0 Å². The summed E-state index contributed by atoms with van der Waals surface area (Å²) in [4.78, 5) is 12.8. The number of hydrogen-bond donors (Lipinski definition) is 0. The minimum atomic E-state index is -0.328. The molecular weight excluding hydrogens is 230 g/mol. The number of fused-ring (bicyclic) bond motifs is 3. The van der Waals surface area contributed by atoms with Crippen molar-refractivity contribution in [3.05, 3.63) is 39.6 Å². The Balaban J connectivity index is 2.28. The summed E-state index contributed by atoms with van der Waals surface area (Å²) in [6.07, 6.45) is 1.00. The normalized spacial score (nSPS) is 15.9. The Hall–Kier alpha value is -1.88. The van der Waals surface area contributed by atoms with Gasteiger partial charge in [0.15, 0.2) is 0 Å². The minimum absolute atomic E-state index is 0.170. The van der Waals surface area contributed by atoms with Crippen molar-refractivity contribution >= 4 is 16.6 Å². The lowest BCUT2D eigenvalue weighted by Gasteiger charge is -2.23. The molecule has 0 atom stereocenters. The molecule has 0 spiro atoms. The molecular formula is C13H15N3O2. The first-order valence-electron chi connectivity index (χ1n) is 6.01. The third kappa shape index (κ3) is 1.51. The Morgan fingerprint density at radius 1 is 1.33 bits per heavy atom. The summed E-state index contributed by atoms with van der Waals surface area (Å²) in [6.45, 7) is 1.91. The smallest absolute Gasteiger partial charge is 0.270 e. The third-order valence-electron chi connectivity index (χ3n) is 3.79. The summed E-state index contributed by atoms with van der Waals surface area (Å²) in [5, 5.41) is 11.9. The molecule has 3 rings (SSSR count). The van der Waals surface area contributed by atoms with Crippen LogP contribution in [-0.4, -0.2) is 28.0 Å². The van der Waals surface area contributed by atoms with Crippen LogP contribution in [0.15, 0.2) is 18.2 Å². The number of non-ortho nitro benzene ring substituents is 1. The molecule has 1 aliphatic heterocycles. The van der Waals surface area contributed by atoms with Gasteiger partial charge in [-0.15, -0.1) is 0 Å². The summed E-state index contributed by atoms with van der Waals surface area (Å²) in [5.41, 5.74) is 3.80. The van der Waals surface area contributed by atoms with Gasteiger partial charge >= 0.3 is 0 Å². The molecule has 0 fully saturated rings. The van der Waals surface area contributed by atoms with E-state index < -0.39 is 0 Å². The Morgan fingerprint density at radius 2 is 2.11 bits per heavy atom. The molecule has 5 nitrogen and oxygen atoms in total. The zero-order valence-electron chi connectivity index (χ0n) is 10.5. The first-order valence-corrected chi connectivity index (χ1v) is 6.01. The Labute approximate surface area is 105 Å². The molecule has 18 heavy (non-hydrogen) atoms. The standard InChI is InChI=1S/C13H15N3O2/c1-14-6-5-13-11(8-14)10-7-9(16(17)18)3-4-12(10)15(13)2/h3-4,7H,5-6,8H2,1-2H3. The van der Waals surface area contributed by atoms with Crippen LogP contribution in [-0.2, 0) is 20.0 Å². The molecule has 5 heteroatoms. The number of rotatable bonds is 1. The van der Waals surface area contributed by atoms with Crippen molar-refractivity contribution in [1.82, 2.24) is 9.47 Å². The molecule has 0 unspecified atom stereocenters. The Bertz CT molecular complexity index is 645. The zero-order valence-corrected chi connectivity index (χ0v) is 10.5. The summed E-state index contributed by atoms with van der Waals surface area (Å²) in [7, 11) is 4.12. The molecule has 1 aromatic carbocycles. The zero-order chi connectivity index (χ0) is 12.9. The lowest BCUT2D eigenvalue weighted by Crippen LogP contribution is -2.26. The van der Waals surface area contributed by atoms with E-state index >= 15 is 0 Å². The van der Waals surface area contributed by atoms with Crippen molar-refractivity contribution in [3.8, 4) is 0 Å². The van der Waals surface area contributed by atoms with Gasteiger partial charge in [-0.1, -0.05) is 0 Å². The van der Waals surface area contributed by atoms with Crippen LogP contribution in [0.5, 0.6) is 0 Å². The Kier molecular flexibility index (Phi) is 2.38. The van der Waals surface area contributed by atoms with Crippen molar-refractivity contribution in [2.24, 2.45) is 7.05 Å². The van der Waals surface area contributed by atoms with Crippen molar-refractivity contribution in [2.45, 2.75) is 13.0 Å². The van der Waals surface area contributed by atoms with E-state index in [4.69, 9.17) is 0 Å². The third-order valence-corrected chi connectivity index (χ3v) is 3.79. The summed E-state index contributed by atoms with van der Waals surface area (Å²) < 4.78 is 2.17. The van der Waals surface area contributed by atoms with Gasteiger partial charge < -0.3 is 9.47 Å². The largest absolute Gasteiger partial charge is 0.347 e. The second-order valence-corrected chi connectivity index (χ2v) is 4.93. The second-order valence-electron chi connectivity index (χ2n) is 4.93. The average Bonchev–Trinajstić information content (AvgIpc) is 2.62. The van der Waals surface area contributed by atoms with E-state index in [-0.39, 0.29) is 10.6 Å². The summed E-state index contributed by atoms with van der Waals surface area (Å²) >= 11 is 0. The van der Waals surface area contributed by atoms with E-state index in [2.05, 4.69) is 16.5 Å². The maximum Gasteiger partial charge on any atom is 0.270 e. The predicted molar refractivity (Wildman–Crippen MR) is 69.6 cm³/mol. The van der Waals surface area contributed by atoms with Gasteiger partial charge in [0, 0.05) is 55.3 Å². The average molecular weight is 245 g/mol. The summed E-state index contributed by atoms with van der Waals surface area (Å²) in [6, 6.07) is 5.14. The van der Waals surface area contributed by atoms with Gasteiger partial charge in [-0.05, 0) is 18.7 Å². The van der Waals surface area contributed by atoms with Crippen LogP contribution in [0, 0.1) is 10.1 Å². The van der Waals surface area contributed by atoms with E-state index in [1.54, 1.807) is 12.1 Å². The number of nitro benzene ring substituents is 1. The lowest BCUT2D eigenvalue weighted by atomic mass is 10.0. The van der Waals surface area contributed by atoms with Crippen molar-refractivity contribution in [2.75, 3.05) is 13.6 Å². The number of aryl methyl sites for hydroxylation is 1. The molecule has 2 heterocycles. The summed E-state index contributed by atoms with van der Waals surface area (Å²) in [5.74, 6) is 0. The fourth-order valence-corrected chi connectivity index (χ4v) is 2.82. The number of nitrogens with zero attached hydrogens (tertiary/aromatic N) is 3. The molecule has 94 valence electrons. The van der Waals surface area contributed by atoms with Gasteiger partial charge in [0.05, 0.1) is 4.92 Å². The van der Waals surface area contributed by atoms with Crippen molar-refractivity contribution < 1.29 is 4.92 Å². The molecule has 2 aromatic rings. The van der Waals surface area contributed by atoms with Crippen LogP contribution in [0.3, 0.4) is 0 Å². The van der Waals surface area contributed by atoms with Gasteiger partial charge in [-0.2, -0.15) is 0 Å². The van der Waals surface area contributed by atoms with Crippen LogP contribution < -0.4 is 0 Å². The number of likely N-dealkylation sites (N-methyl/N-ethyl adjacent to an activating group) is 1. The quantitative estimate of drug-likeness (QED) is 0.571. The van der Waals surface area contributed by atoms with Crippen LogP contribution in [0.4, 0.5) is 5.69 Å². The first-order chi connectivity index (χ1) is 8.58. The maximum atomic E-state index is 10.9. The lowest BCUT2D eigenvalue weighted by molar-refractivity contribution is -0.384. The molecule has 0 radical (unpaired) electrons. The molecule has 0 N–H and O–H groups in total. The molecule has 1 aliphatic rings. The highest BCUT2D eigenvalue weighted by Crippen LogP contribution is 2.31. The monoisotopic (exact) mass is 245 g/mol. The number of nitro groups is 1. The molecule has 0 amide bonds. The van der Waals surface area contributed by atoms with Gasteiger partial charge in [0.2, 0.25) is 0 Å². The van der Waals surface area contributed by atoms with E-state index in [1.165, 1.54) is 11.3 Å². The SMILES string of the molecule is CN1CCc2c(c3cc([N+](=O)[O-])ccc3n2C)C1. The van der Waals surface area contributed by atoms with Gasteiger partial charge in [0.1, 0.15) is 0 Å². The minimum Gasteiger partial charge on any atom is -0.347 e. The van der Waals surface area contributed by atoms with Gasteiger partial charge in [-0.3, -0.25) is 10.1 Å². The molecule has 0 saturated heterocycles. The highest BCUT2D eigenvalue weighted by Gasteiger charge is 2.22. The number of benzene rings is 1. The molecule has 0 bridgehead atoms. The topological polar surface area (TPSA) is 51.3 Å². The first kappa shape index (κ1) is 11.2. The number of aromatic nitrogens is 1.